The van der Waals surface area contributed by atoms with Gasteiger partial charge in [0.25, 0.3) is 0 Å². The minimum absolute atomic E-state index is 0.798. The first-order valence-electron chi connectivity index (χ1n) is 9.76. The number of rotatable bonds is 9. The summed E-state index contributed by atoms with van der Waals surface area (Å²) in [7, 11) is 0. The average Bonchev–Trinajstić information content (AvgIpc) is 3.38. The number of benzene rings is 1. The lowest BCUT2D eigenvalue weighted by molar-refractivity contribution is 0.774. The summed E-state index contributed by atoms with van der Waals surface area (Å²) in [6.07, 6.45) is 6.69. The van der Waals surface area contributed by atoms with E-state index in [9.17, 15) is 0 Å². The van der Waals surface area contributed by atoms with Crippen LogP contribution in [0.5, 0.6) is 0 Å². The number of guanidine groups is 1. The Hall–Kier alpha value is -2.67. The molecule has 1 aromatic carbocycles. The molecule has 0 aliphatic carbocycles. The van der Waals surface area contributed by atoms with E-state index in [1.807, 2.05) is 23.9 Å². The molecule has 0 bridgehead atoms. The summed E-state index contributed by atoms with van der Waals surface area (Å²) in [4.78, 5) is 9.18. The molecule has 0 unspecified atom stereocenters. The topological polar surface area (TPSA) is 67.1 Å². The van der Waals surface area contributed by atoms with Gasteiger partial charge in [-0.2, -0.15) is 5.10 Å². The van der Waals surface area contributed by atoms with Crippen LogP contribution in [0.1, 0.15) is 29.6 Å². The van der Waals surface area contributed by atoms with Gasteiger partial charge in [-0.15, -0.1) is 11.3 Å². The second-order valence-electron chi connectivity index (χ2n) is 6.54. The van der Waals surface area contributed by atoms with Gasteiger partial charge in [-0.3, -0.25) is 4.99 Å². The highest BCUT2D eigenvalue weighted by Gasteiger charge is 2.01. The van der Waals surface area contributed by atoms with Crippen LogP contribution in [0.4, 0.5) is 0 Å². The van der Waals surface area contributed by atoms with Gasteiger partial charge < -0.3 is 10.6 Å². The van der Waals surface area contributed by atoms with Crippen molar-refractivity contribution in [2.24, 2.45) is 4.99 Å². The van der Waals surface area contributed by atoms with Crippen molar-refractivity contribution < 1.29 is 0 Å². The molecule has 7 heteroatoms. The molecule has 0 aliphatic rings. The second kappa shape index (κ2) is 10.6. The summed E-state index contributed by atoms with van der Waals surface area (Å²) >= 11 is 1.73. The molecule has 148 valence electrons. The molecule has 28 heavy (non-hydrogen) atoms. The minimum Gasteiger partial charge on any atom is -0.357 e. The number of hydrogen-bond acceptors (Lipinski definition) is 4. The standard InChI is InChI=1S/C21H28N6S/c1-3-22-21(23-12-4-6-20-26-17(2)16-28-20)24-14-11-18-7-9-19(10-8-18)27-15-5-13-25-27/h5,7-10,13,15-16H,3-4,6,11-12,14H2,1-2H3,(H2,22,23,24). The molecule has 3 rings (SSSR count). The predicted octanol–water partition coefficient (Wildman–Crippen LogP) is 3.37. The Morgan fingerprint density at radius 1 is 1.18 bits per heavy atom. The Labute approximate surface area is 170 Å². The fourth-order valence-electron chi connectivity index (χ4n) is 2.84. The van der Waals surface area contributed by atoms with Crippen molar-refractivity contribution in [2.45, 2.75) is 33.1 Å². The van der Waals surface area contributed by atoms with Crippen molar-refractivity contribution in [3.8, 4) is 5.69 Å². The van der Waals surface area contributed by atoms with Crippen LogP contribution >= 0.6 is 11.3 Å². The van der Waals surface area contributed by atoms with E-state index < -0.39 is 0 Å². The number of aromatic nitrogens is 3. The first-order valence-corrected chi connectivity index (χ1v) is 10.6. The lowest BCUT2D eigenvalue weighted by Crippen LogP contribution is -2.38. The van der Waals surface area contributed by atoms with Gasteiger partial charge in [-0.05, 0) is 50.5 Å². The molecule has 0 amide bonds. The Balaban J connectivity index is 1.42. The van der Waals surface area contributed by atoms with Crippen LogP contribution < -0.4 is 10.6 Å². The molecule has 0 atom stereocenters. The Bertz CT molecular complexity index is 851. The van der Waals surface area contributed by atoms with Gasteiger partial charge in [-0.1, -0.05) is 12.1 Å². The van der Waals surface area contributed by atoms with E-state index in [1.54, 1.807) is 17.5 Å². The molecule has 2 heterocycles. The lowest BCUT2D eigenvalue weighted by Gasteiger charge is -2.11. The van der Waals surface area contributed by atoms with E-state index in [-0.39, 0.29) is 0 Å². The molecule has 0 fully saturated rings. The lowest BCUT2D eigenvalue weighted by atomic mass is 10.1. The zero-order valence-corrected chi connectivity index (χ0v) is 17.4. The van der Waals surface area contributed by atoms with Crippen LogP contribution in [0.2, 0.25) is 0 Å². The number of aryl methyl sites for hydroxylation is 2. The maximum absolute atomic E-state index is 4.67. The number of nitrogens with one attached hydrogen (secondary N) is 2. The van der Waals surface area contributed by atoms with Gasteiger partial charge >= 0.3 is 0 Å². The second-order valence-corrected chi connectivity index (χ2v) is 7.48. The largest absolute Gasteiger partial charge is 0.357 e. The maximum Gasteiger partial charge on any atom is 0.191 e. The van der Waals surface area contributed by atoms with Crippen LogP contribution in [0.15, 0.2) is 53.1 Å². The van der Waals surface area contributed by atoms with Gasteiger partial charge in [-0.25, -0.2) is 9.67 Å². The molecule has 0 spiro atoms. The Morgan fingerprint density at radius 2 is 2.04 bits per heavy atom. The van der Waals surface area contributed by atoms with Crippen LogP contribution in [-0.4, -0.2) is 40.4 Å². The number of hydrogen-bond donors (Lipinski definition) is 2. The van der Waals surface area contributed by atoms with Crippen LogP contribution in [-0.2, 0) is 12.8 Å². The predicted molar refractivity (Wildman–Crippen MR) is 116 cm³/mol. The Kier molecular flexibility index (Phi) is 7.61. The normalized spacial score (nSPS) is 11.6. The van der Waals surface area contributed by atoms with Gasteiger partial charge in [0.15, 0.2) is 5.96 Å². The van der Waals surface area contributed by atoms with E-state index >= 15 is 0 Å². The summed E-state index contributed by atoms with van der Waals surface area (Å²) < 4.78 is 1.87. The molecule has 2 aromatic heterocycles. The van der Waals surface area contributed by atoms with E-state index in [1.165, 1.54) is 10.6 Å². The van der Waals surface area contributed by atoms with E-state index in [4.69, 9.17) is 0 Å². The third-order valence-corrected chi connectivity index (χ3v) is 5.27. The van der Waals surface area contributed by atoms with Crippen molar-refractivity contribution in [2.75, 3.05) is 19.6 Å². The van der Waals surface area contributed by atoms with Gasteiger partial charge in [0.05, 0.1) is 10.7 Å². The number of aliphatic imine (C=N–C) groups is 1. The number of nitrogens with zero attached hydrogens (tertiary/aromatic N) is 4. The highest BCUT2D eigenvalue weighted by atomic mass is 32.1. The maximum atomic E-state index is 4.67. The summed E-state index contributed by atoms with van der Waals surface area (Å²) in [5.41, 5.74) is 3.47. The third-order valence-electron chi connectivity index (χ3n) is 4.24. The van der Waals surface area contributed by atoms with Crippen LogP contribution in [0.25, 0.3) is 5.69 Å². The summed E-state index contributed by atoms with van der Waals surface area (Å²) in [5.74, 6) is 0.881. The summed E-state index contributed by atoms with van der Waals surface area (Å²) in [6, 6.07) is 10.4. The molecule has 0 radical (unpaired) electrons. The highest BCUT2D eigenvalue weighted by Crippen LogP contribution is 2.11. The first kappa shape index (κ1) is 20.1. The van der Waals surface area contributed by atoms with Crippen molar-refractivity contribution in [1.82, 2.24) is 25.4 Å². The first-order chi connectivity index (χ1) is 13.7. The monoisotopic (exact) mass is 396 g/mol. The SMILES string of the molecule is CCNC(=NCCCc1nc(C)cs1)NCCc1ccc(-n2cccn2)cc1. The zero-order chi connectivity index (χ0) is 19.6. The molecule has 3 aromatic rings. The van der Waals surface area contributed by atoms with E-state index in [0.717, 1.165) is 56.2 Å². The molecule has 0 aliphatic heterocycles. The summed E-state index contributed by atoms with van der Waals surface area (Å²) in [5, 5.41) is 14.3. The van der Waals surface area contributed by atoms with Crippen LogP contribution in [0, 0.1) is 6.92 Å². The Morgan fingerprint density at radius 3 is 2.71 bits per heavy atom. The molecular formula is C21H28N6S. The molecule has 0 saturated carbocycles. The fraction of sp³-hybridized carbons (Fsp3) is 0.381. The van der Waals surface area contributed by atoms with Crippen molar-refractivity contribution in [3.05, 3.63) is 64.4 Å². The van der Waals surface area contributed by atoms with E-state index in [2.05, 4.69) is 62.3 Å². The third kappa shape index (κ3) is 6.20. The highest BCUT2D eigenvalue weighted by molar-refractivity contribution is 7.09. The molecule has 2 N–H and O–H groups in total. The van der Waals surface area contributed by atoms with E-state index in [0.29, 0.717) is 0 Å². The average molecular weight is 397 g/mol. The molecule has 0 saturated heterocycles. The van der Waals surface area contributed by atoms with Crippen molar-refractivity contribution >= 4 is 17.3 Å². The smallest absolute Gasteiger partial charge is 0.191 e. The zero-order valence-electron chi connectivity index (χ0n) is 16.6. The summed E-state index contributed by atoms with van der Waals surface area (Å²) in [6.45, 7) is 6.63. The van der Waals surface area contributed by atoms with Gasteiger partial charge in [0.2, 0.25) is 0 Å². The molecule has 6 nitrogen and oxygen atoms in total. The van der Waals surface area contributed by atoms with Gasteiger partial charge in [0.1, 0.15) is 0 Å². The van der Waals surface area contributed by atoms with Crippen molar-refractivity contribution in [1.29, 1.82) is 0 Å². The molecular weight excluding hydrogens is 368 g/mol. The fourth-order valence-corrected chi connectivity index (χ4v) is 3.66. The van der Waals surface area contributed by atoms with Gasteiger partial charge in [0, 0.05) is 49.5 Å². The van der Waals surface area contributed by atoms with Crippen LogP contribution in [0.3, 0.4) is 0 Å². The van der Waals surface area contributed by atoms with Crippen molar-refractivity contribution in [3.63, 3.8) is 0 Å². The quantitative estimate of drug-likeness (QED) is 0.331. The number of thiazole rings is 1. The minimum atomic E-state index is 0.798.